The van der Waals surface area contributed by atoms with Crippen LogP contribution >= 0.6 is 15.9 Å². The number of carbonyl (C=O) groups is 2. The zero-order chi connectivity index (χ0) is 18.0. The third kappa shape index (κ3) is 3.81. The molecular formula is C18H20BrNO5. The first-order chi connectivity index (χ1) is 11.9. The van der Waals surface area contributed by atoms with Crippen LogP contribution in [0.4, 0.5) is 5.69 Å². The molecule has 1 saturated carbocycles. The van der Waals surface area contributed by atoms with Crippen LogP contribution in [0.1, 0.15) is 44.1 Å². The van der Waals surface area contributed by atoms with Gasteiger partial charge in [0.2, 0.25) is 5.57 Å². The molecule has 134 valence electrons. The van der Waals surface area contributed by atoms with Crippen LogP contribution < -0.4 is 5.32 Å². The maximum Gasteiger partial charge on any atom is 0.354 e. The van der Waals surface area contributed by atoms with E-state index in [4.69, 9.17) is 9.47 Å². The Morgan fingerprint density at radius 3 is 2.48 bits per heavy atom. The smallest absolute Gasteiger partial charge is 0.354 e. The highest BCUT2D eigenvalue weighted by molar-refractivity contribution is 9.10. The fourth-order valence-corrected chi connectivity index (χ4v) is 3.72. The van der Waals surface area contributed by atoms with Crippen molar-refractivity contribution in [1.29, 1.82) is 0 Å². The number of aliphatic hydroxyl groups excluding tert-OH is 1. The van der Waals surface area contributed by atoms with E-state index in [9.17, 15) is 14.7 Å². The van der Waals surface area contributed by atoms with Crippen molar-refractivity contribution in [3.05, 3.63) is 39.8 Å². The standard InChI is InChI=1S/C18H20BrNO5/c1-11-6-7-13(12(19)10-11)20-15(21)14-16(22)24-18(25-17(14)23)8-4-2-3-5-9-18/h6-7,10,22H,2-5,8-9H2,1H3,(H,20,21). The van der Waals surface area contributed by atoms with Crippen LogP contribution in [0.25, 0.3) is 0 Å². The molecule has 0 saturated heterocycles. The molecule has 2 N–H and O–H groups in total. The number of rotatable bonds is 2. The third-order valence-corrected chi connectivity index (χ3v) is 5.10. The van der Waals surface area contributed by atoms with Crippen molar-refractivity contribution < 1.29 is 24.2 Å². The van der Waals surface area contributed by atoms with Gasteiger partial charge in [-0.2, -0.15) is 0 Å². The Labute approximate surface area is 154 Å². The van der Waals surface area contributed by atoms with Crippen LogP contribution in [0.15, 0.2) is 34.2 Å². The highest BCUT2D eigenvalue weighted by Crippen LogP contribution is 2.37. The summed E-state index contributed by atoms with van der Waals surface area (Å²) in [7, 11) is 0. The largest absolute Gasteiger partial charge is 0.480 e. The van der Waals surface area contributed by atoms with Gasteiger partial charge in [-0.1, -0.05) is 18.9 Å². The fraction of sp³-hybridized carbons (Fsp3) is 0.444. The van der Waals surface area contributed by atoms with Gasteiger partial charge in [-0.05, 0) is 53.4 Å². The molecule has 1 aromatic carbocycles. The average molecular weight is 410 g/mol. The summed E-state index contributed by atoms with van der Waals surface area (Å²) in [5, 5.41) is 12.8. The second-order valence-corrected chi connectivity index (χ2v) is 7.29. The number of aryl methyl sites for hydroxylation is 1. The number of anilines is 1. The third-order valence-electron chi connectivity index (χ3n) is 4.44. The van der Waals surface area contributed by atoms with E-state index in [1.807, 2.05) is 19.1 Å². The van der Waals surface area contributed by atoms with Crippen LogP contribution in [-0.2, 0) is 19.1 Å². The maximum absolute atomic E-state index is 12.4. The summed E-state index contributed by atoms with van der Waals surface area (Å²) in [6, 6.07) is 5.36. The van der Waals surface area contributed by atoms with Gasteiger partial charge in [0.25, 0.3) is 11.7 Å². The van der Waals surface area contributed by atoms with Crippen molar-refractivity contribution in [2.24, 2.45) is 0 Å². The predicted octanol–water partition coefficient (Wildman–Crippen LogP) is 4.09. The first kappa shape index (κ1) is 17.8. The van der Waals surface area contributed by atoms with Gasteiger partial charge in [0.1, 0.15) is 0 Å². The summed E-state index contributed by atoms with van der Waals surface area (Å²) >= 11 is 3.36. The normalized spacial score (nSPS) is 19.8. The summed E-state index contributed by atoms with van der Waals surface area (Å²) in [6.45, 7) is 1.92. The quantitative estimate of drug-likeness (QED) is 0.567. The molecule has 1 spiro atoms. The van der Waals surface area contributed by atoms with Crippen molar-refractivity contribution in [3.63, 3.8) is 0 Å². The van der Waals surface area contributed by atoms with Crippen molar-refractivity contribution in [3.8, 4) is 0 Å². The Hall–Kier alpha value is -2.02. The van der Waals surface area contributed by atoms with Crippen molar-refractivity contribution >= 4 is 33.5 Å². The Balaban J connectivity index is 1.81. The van der Waals surface area contributed by atoms with Gasteiger partial charge in [-0.15, -0.1) is 0 Å². The highest BCUT2D eigenvalue weighted by Gasteiger charge is 2.46. The molecule has 7 heteroatoms. The molecule has 1 amide bonds. The molecule has 25 heavy (non-hydrogen) atoms. The molecule has 1 heterocycles. The number of hydrogen-bond donors (Lipinski definition) is 2. The molecule has 0 radical (unpaired) electrons. The van der Waals surface area contributed by atoms with Gasteiger partial charge in [-0.25, -0.2) is 4.79 Å². The molecular weight excluding hydrogens is 390 g/mol. The van der Waals surface area contributed by atoms with Gasteiger partial charge >= 0.3 is 11.9 Å². The first-order valence-corrected chi connectivity index (χ1v) is 9.13. The minimum Gasteiger partial charge on any atom is -0.480 e. The molecule has 0 unspecified atom stereocenters. The van der Waals surface area contributed by atoms with E-state index in [1.165, 1.54) is 0 Å². The molecule has 1 fully saturated rings. The second-order valence-electron chi connectivity index (χ2n) is 6.43. The lowest BCUT2D eigenvalue weighted by Gasteiger charge is -2.35. The summed E-state index contributed by atoms with van der Waals surface area (Å²) in [4.78, 5) is 24.8. The van der Waals surface area contributed by atoms with E-state index < -0.39 is 29.2 Å². The number of halogens is 1. The van der Waals surface area contributed by atoms with E-state index >= 15 is 0 Å². The monoisotopic (exact) mass is 409 g/mol. The summed E-state index contributed by atoms with van der Waals surface area (Å²) in [5.74, 6) is -3.44. The fourth-order valence-electron chi connectivity index (χ4n) is 3.12. The van der Waals surface area contributed by atoms with E-state index in [0.29, 0.717) is 23.0 Å². The van der Waals surface area contributed by atoms with Gasteiger partial charge < -0.3 is 19.9 Å². The summed E-state index contributed by atoms with van der Waals surface area (Å²) in [6.07, 6.45) is 4.78. The maximum atomic E-state index is 12.4. The van der Waals surface area contributed by atoms with E-state index in [-0.39, 0.29) is 0 Å². The number of benzene rings is 1. The van der Waals surface area contributed by atoms with E-state index in [0.717, 1.165) is 31.2 Å². The van der Waals surface area contributed by atoms with Crippen LogP contribution in [0.2, 0.25) is 0 Å². The van der Waals surface area contributed by atoms with Crippen LogP contribution in [0.3, 0.4) is 0 Å². The molecule has 0 bridgehead atoms. The number of aliphatic hydroxyl groups is 1. The minimum atomic E-state index is -1.15. The Morgan fingerprint density at radius 1 is 1.20 bits per heavy atom. The topological polar surface area (TPSA) is 84.9 Å². The van der Waals surface area contributed by atoms with Gasteiger partial charge in [0, 0.05) is 17.3 Å². The number of hydrogen-bond acceptors (Lipinski definition) is 5. The van der Waals surface area contributed by atoms with E-state index in [1.54, 1.807) is 6.07 Å². The molecule has 1 aliphatic heterocycles. The molecule has 3 rings (SSSR count). The number of amides is 1. The zero-order valence-corrected chi connectivity index (χ0v) is 15.5. The van der Waals surface area contributed by atoms with Crippen LogP contribution in [0.5, 0.6) is 0 Å². The molecule has 1 aromatic rings. The lowest BCUT2D eigenvalue weighted by atomic mass is 10.1. The first-order valence-electron chi connectivity index (χ1n) is 8.33. The van der Waals surface area contributed by atoms with Crippen molar-refractivity contribution in [1.82, 2.24) is 0 Å². The van der Waals surface area contributed by atoms with Crippen LogP contribution in [0, 0.1) is 6.92 Å². The molecule has 2 aliphatic rings. The number of esters is 1. The predicted molar refractivity (Wildman–Crippen MR) is 94.8 cm³/mol. The number of ether oxygens (including phenoxy) is 2. The Kier molecular flexibility index (Phi) is 5.03. The highest BCUT2D eigenvalue weighted by atomic mass is 79.9. The summed E-state index contributed by atoms with van der Waals surface area (Å²) in [5.41, 5.74) is 0.989. The van der Waals surface area contributed by atoms with Gasteiger partial charge in [0.05, 0.1) is 5.69 Å². The van der Waals surface area contributed by atoms with Crippen molar-refractivity contribution in [2.75, 3.05) is 5.32 Å². The van der Waals surface area contributed by atoms with Gasteiger partial charge in [-0.3, -0.25) is 4.79 Å². The molecule has 1 aliphatic carbocycles. The second kappa shape index (κ2) is 7.07. The van der Waals surface area contributed by atoms with Crippen molar-refractivity contribution in [2.45, 2.75) is 51.2 Å². The number of carbonyl (C=O) groups excluding carboxylic acids is 2. The number of nitrogens with one attached hydrogen (secondary N) is 1. The average Bonchev–Trinajstić information content (AvgIpc) is 2.74. The Bertz CT molecular complexity index is 735. The zero-order valence-electron chi connectivity index (χ0n) is 13.9. The minimum absolute atomic E-state index is 0.485. The lowest BCUT2D eigenvalue weighted by Crippen LogP contribution is -2.44. The molecule has 0 aromatic heterocycles. The SMILES string of the molecule is Cc1ccc(NC(=O)C2=C(O)OC3(CCCCCC3)OC2=O)c(Br)c1. The lowest BCUT2D eigenvalue weighted by molar-refractivity contribution is -0.243. The van der Waals surface area contributed by atoms with Crippen LogP contribution in [-0.4, -0.2) is 22.8 Å². The van der Waals surface area contributed by atoms with E-state index in [2.05, 4.69) is 21.2 Å². The summed E-state index contributed by atoms with van der Waals surface area (Å²) < 4.78 is 11.6. The van der Waals surface area contributed by atoms with Gasteiger partial charge in [0.15, 0.2) is 0 Å². The molecule has 6 nitrogen and oxygen atoms in total. The molecule has 0 atom stereocenters. The Morgan fingerprint density at radius 2 is 1.88 bits per heavy atom.